The Bertz CT molecular complexity index is 973. The van der Waals surface area contributed by atoms with E-state index in [1.165, 1.54) is 5.56 Å². The van der Waals surface area contributed by atoms with Crippen molar-refractivity contribution >= 4 is 16.9 Å². The summed E-state index contributed by atoms with van der Waals surface area (Å²) in [7, 11) is 0. The van der Waals surface area contributed by atoms with E-state index < -0.39 is 5.97 Å². The quantitative estimate of drug-likeness (QED) is 0.455. The van der Waals surface area contributed by atoms with Gasteiger partial charge in [-0.3, -0.25) is 0 Å². The van der Waals surface area contributed by atoms with Gasteiger partial charge in [0.15, 0.2) is 0 Å². The Morgan fingerprint density at radius 1 is 1.03 bits per heavy atom. The van der Waals surface area contributed by atoms with Crippen LogP contribution in [0.1, 0.15) is 65.9 Å². The van der Waals surface area contributed by atoms with Crippen LogP contribution in [0.25, 0.3) is 10.9 Å². The smallest absolute Gasteiger partial charge is 0.336 e. The van der Waals surface area contributed by atoms with Gasteiger partial charge in [0.1, 0.15) is 0 Å². The minimum absolute atomic E-state index is 0.0220. The van der Waals surface area contributed by atoms with Gasteiger partial charge in [-0.1, -0.05) is 57.0 Å². The van der Waals surface area contributed by atoms with E-state index in [9.17, 15) is 15.0 Å². The molecule has 3 rings (SSSR count). The summed E-state index contributed by atoms with van der Waals surface area (Å²) in [6.45, 7) is 4.91. The SMILES string of the molecule is CCCCCc1c(CO)c2cc(CC)c(C(=O)O)cc2n1CCc1ccccc1. The molecule has 0 spiro atoms. The molecule has 1 heterocycles. The van der Waals surface area contributed by atoms with Crippen LogP contribution in [0.5, 0.6) is 0 Å². The molecule has 0 unspecified atom stereocenters. The largest absolute Gasteiger partial charge is 0.478 e. The molecular formula is C25H31NO3. The number of aliphatic hydroxyl groups excluding tert-OH is 1. The number of carboxylic acid groups (broad SMARTS) is 1. The average Bonchev–Trinajstić information content (AvgIpc) is 3.03. The summed E-state index contributed by atoms with van der Waals surface area (Å²) in [6.07, 6.45) is 5.78. The fourth-order valence-electron chi connectivity index (χ4n) is 4.20. The van der Waals surface area contributed by atoms with E-state index in [-0.39, 0.29) is 6.61 Å². The Hall–Kier alpha value is -2.59. The second-order valence-corrected chi connectivity index (χ2v) is 7.61. The lowest BCUT2D eigenvalue weighted by Crippen LogP contribution is -2.08. The van der Waals surface area contributed by atoms with Crippen LogP contribution in [0.2, 0.25) is 0 Å². The van der Waals surface area contributed by atoms with Crippen LogP contribution in [0.15, 0.2) is 42.5 Å². The Morgan fingerprint density at radius 2 is 1.79 bits per heavy atom. The number of aryl methyl sites for hydroxylation is 3. The monoisotopic (exact) mass is 393 g/mol. The predicted molar refractivity (Wildman–Crippen MR) is 118 cm³/mol. The zero-order valence-corrected chi connectivity index (χ0v) is 17.4. The van der Waals surface area contributed by atoms with Crippen molar-refractivity contribution in [3.05, 3.63) is 70.4 Å². The minimum Gasteiger partial charge on any atom is -0.478 e. The topological polar surface area (TPSA) is 62.5 Å². The van der Waals surface area contributed by atoms with Gasteiger partial charge >= 0.3 is 5.97 Å². The average molecular weight is 394 g/mol. The molecule has 0 saturated heterocycles. The van der Waals surface area contributed by atoms with Crippen LogP contribution < -0.4 is 0 Å². The van der Waals surface area contributed by atoms with E-state index in [2.05, 4.69) is 23.6 Å². The molecule has 0 radical (unpaired) electrons. The van der Waals surface area contributed by atoms with Crippen LogP contribution in [0.3, 0.4) is 0 Å². The second-order valence-electron chi connectivity index (χ2n) is 7.61. The maximum Gasteiger partial charge on any atom is 0.336 e. The van der Waals surface area contributed by atoms with Crippen molar-refractivity contribution in [2.24, 2.45) is 0 Å². The molecule has 1 aromatic heterocycles. The molecule has 0 aliphatic heterocycles. The summed E-state index contributed by atoms with van der Waals surface area (Å²) in [5.41, 5.74) is 5.46. The third-order valence-electron chi connectivity index (χ3n) is 5.77. The molecule has 4 nitrogen and oxygen atoms in total. The summed E-state index contributed by atoms with van der Waals surface area (Å²) in [4.78, 5) is 11.8. The molecule has 0 amide bonds. The van der Waals surface area contributed by atoms with E-state index in [1.807, 2.05) is 37.3 Å². The molecule has 0 bridgehead atoms. The highest BCUT2D eigenvalue weighted by Gasteiger charge is 2.20. The maximum absolute atomic E-state index is 11.8. The summed E-state index contributed by atoms with van der Waals surface area (Å²) in [5.74, 6) is -0.891. The number of benzene rings is 2. The molecular weight excluding hydrogens is 362 g/mol. The Kier molecular flexibility index (Phi) is 7.10. The number of carbonyl (C=O) groups is 1. The number of aliphatic hydroxyl groups is 1. The Balaban J connectivity index is 2.13. The van der Waals surface area contributed by atoms with Crippen LogP contribution >= 0.6 is 0 Å². The first-order valence-electron chi connectivity index (χ1n) is 10.7. The molecule has 29 heavy (non-hydrogen) atoms. The number of aromatic nitrogens is 1. The van der Waals surface area contributed by atoms with Crippen molar-refractivity contribution in [3.63, 3.8) is 0 Å². The summed E-state index contributed by atoms with van der Waals surface area (Å²) in [5, 5.41) is 20.9. The van der Waals surface area contributed by atoms with E-state index in [4.69, 9.17) is 0 Å². The normalized spacial score (nSPS) is 11.3. The fraction of sp³-hybridized carbons (Fsp3) is 0.400. The summed E-state index contributed by atoms with van der Waals surface area (Å²) in [6, 6.07) is 14.1. The van der Waals surface area contributed by atoms with Crippen LogP contribution in [0, 0.1) is 0 Å². The molecule has 0 fully saturated rings. The van der Waals surface area contributed by atoms with Crippen molar-refractivity contribution in [2.45, 2.75) is 65.5 Å². The van der Waals surface area contributed by atoms with Crippen molar-refractivity contribution in [1.29, 1.82) is 0 Å². The van der Waals surface area contributed by atoms with Gasteiger partial charge in [0.25, 0.3) is 0 Å². The highest BCUT2D eigenvalue weighted by atomic mass is 16.4. The standard InChI is InChI=1S/C25H31NO3/c1-3-5-7-12-23-22(17-27)21-15-19(4-2)20(25(28)29)16-24(21)26(23)14-13-18-10-8-6-9-11-18/h6,8-11,15-16,27H,3-5,7,12-14,17H2,1-2H3,(H,28,29). The van der Waals surface area contributed by atoms with Crippen LogP contribution in [0.4, 0.5) is 0 Å². The fourth-order valence-corrected chi connectivity index (χ4v) is 4.20. The van der Waals surface area contributed by atoms with Gasteiger partial charge in [-0.2, -0.15) is 0 Å². The van der Waals surface area contributed by atoms with Gasteiger partial charge in [-0.15, -0.1) is 0 Å². The Labute approximate surface area is 172 Å². The maximum atomic E-state index is 11.8. The first-order chi connectivity index (χ1) is 14.1. The van der Waals surface area contributed by atoms with E-state index in [1.54, 1.807) is 0 Å². The number of aromatic carboxylic acids is 1. The second kappa shape index (κ2) is 9.75. The van der Waals surface area contributed by atoms with Crippen molar-refractivity contribution in [3.8, 4) is 0 Å². The minimum atomic E-state index is -0.891. The summed E-state index contributed by atoms with van der Waals surface area (Å²) < 4.78 is 2.25. The lowest BCUT2D eigenvalue weighted by molar-refractivity contribution is 0.0696. The lowest BCUT2D eigenvalue weighted by atomic mass is 10.00. The molecule has 0 aliphatic rings. The molecule has 0 atom stereocenters. The third-order valence-corrected chi connectivity index (χ3v) is 5.77. The lowest BCUT2D eigenvalue weighted by Gasteiger charge is -2.13. The van der Waals surface area contributed by atoms with Crippen molar-refractivity contribution in [2.75, 3.05) is 0 Å². The van der Waals surface area contributed by atoms with Crippen LogP contribution in [-0.4, -0.2) is 20.7 Å². The van der Waals surface area contributed by atoms with Crippen molar-refractivity contribution < 1.29 is 15.0 Å². The van der Waals surface area contributed by atoms with Gasteiger partial charge < -0.3 is 14.8 Å². The Morgan fingerprint density at radius 3 is 2.41 bits per heavy atom. The molecule has 4 heteroatoms. The zero-order valence-electron chi connectivity index (χ0n) is 17.4. The zero-order chi connectivity index (χ0) is 20.8. The van der Waals surface area contributed by atoms with E-state index >= 15 is 0 Å². The van der Waals surface area contributed by atoms with E-state index in [0.29, 0.717) is 12.0 Å². The number of carboxylic acids is 1. The third kappa shape index (κ3) is 4.54. The van der Waals surface area contributed by atoms with Crippen LogP contribution in [-0.2, 0) is 32.4 Å². The highest BCUT2D eigenvalue weighted by Crippen LogP contribution is 2.31. The first-order valence-corrected chi connectivity index (χ1v) is 10.7. The molecule has 3 aromatic rings. The first kappa shape index (κ1) is 21.1. The van der Waals surface area contributed by atoms with Gasteiger partial charge in [0.05, 0.1) is 12.2 Å². The number of rotatable bonds is 10. The van der Waals surface area contributed by atoms with Gasteiger partial charge in [0, 0.05) is 28.7 Å². The number of nitrogens with zero attached hydrogens (tertiary/aromatic N) is 1. The number of hydrogen-bond acceptors (Lipinski definition) is 2. The van der Waals surface area contributed by atoms with Gasteiger partial charge in [-0.05, 0) is 48.9 Å². The number of fused-ring (bicyclic) bond motifs is 1. The van der Waals surface area contributed by atoms with Crippen molar-refractivity contribution in [1.82, 2.24) is 4.57 Å². The highest BCUT2D eigenvalue weighted by molar-refractivity contribution is 5.97. The predicted octanol–water partition coefficient (Wildman–Crippen LogP) is 5.37. The summed E-state index contributed by atoms with van der Waals surface area (Å²) >= 11 is 0. The molecule has 0 saturated carbocycles. The molecule has 2 N–H and O–H groups in total. The van der Waals surface area contributed by atoms with E-state index in [0.717, 1.165) is 66.4 Å². The number of unbranched alkanes of at least 4 members (excludes halogenated alkanes) is 2. The molecule has 2 aromatic carbocycles. The van der Waals surface area contributed by atoms with Gasteiger partial charge in [0.2, 0.25) is 0 Å². The van der Waals surface area contributed by atoms with Gasteiger partial charge in [-0.25, -0.2) is 4.79 Å². The number of hydrogen-bond donors (Lipinski definition) is 2. The molecule has 154 valence electrons. The molecule has 0 aliphatic carbocycles.